The van der Waals surface area contributed by atoms with Crippen LogP contribution in [0.3, 0.4) is 0 Å². The third-order valence-electron chi connectivity index (χ3n) is 3.49. The lowest BCUT2D eigenvalue weighted by Gasteiger charge is -2.38. The second kappa shape index (κ2) is 6.62. The van der Waals surface area contributed by atoms with Crippen molar-refractivity contribution in [2.75, 3.05) is 13.1 Å². The monoisotopic (exact) mass is 340 g/mol. The Morgan fingerprint density at radius 1 is 1.50 bits per heavy atom. The molecular weight excluding hydrogens is 327 g/mol. The molecule has 116 valence electrons. The van der Waals surface area contributed by atoms with Gasteiger partial charge in [-0.2, -0.15) is 0 Å². The highest BCUT2D eigenvalue weighted by Crippen LogP contribution is 2.21. The van der Waals surface area contributed by atoms with E-state index >= 15 is 0 Å². The van der Waals surface area contributed by atoms with Crippen LogP contribution in [0, 0.1) is 5.82 Å². The standard InChI is InChI=1S/C15H14ClFN2O2S/c16-12-7-10(1-3-13(12)17)2-4-14(20)19-8-11(9-19)21-15-18-5-6-22-15/h1,3,5-7,11H,2,4,8-9H2. The average molecular weight is 341 g/mol. The van der Waals surface area contributed by atoms with Crippen LogP contribution < -0.4 is 4.74 Å². The van der Waals surface area contributed by atoms with Gasteiger partial charge in [0.25, 0.3) is 5.19 Å². The predicted molar refractivity (Wildman–Crippen MR) is 82.8 cm³/mol. The lowest BCUT2D eigenvalue weighted by atomic mass is 10.1. The van der Waals surface area contributed by atoms with E-state index in [0.29, 0.717) is 31.1 Å². The lowest BCUT2D eigenvalue weighted by molar-refractivity contribution is -0.139. The highest BCUT2D eigenvalue weighted by molar-refractivity contribution is 7.11. The van der Waals surface area contributed by atoms with Gasteiger partial charge in [-0.3, -0.25) is 4.79 Å². The smallest absolute Gasteiger partial charge is 0.273 e. The highest BCUT2D eigenvalue weighted by atomic mass is 35.5. The van der Waals surface area contributed by atoms with Gasteiger partial charge < -0.3 is 9.64 Å². The van der Waals surface area contributed by atoms with E-state index in [4.69, 9.17) is 16.3 Å². The number of hydrogen-bond donors (Lipinski definition) is 0. The second-order valence-corrected chi connectivity index (χ2v) is 6.35. The molecule has 2 heterocycles. The molecule has 1 amide bonds. The number of amides is 1. The number of thiazole rings is 1. The normalized spacial score (nSPS) is 14.7. The second-order valence-electron chi connectivity index (χ2n) is 5.09. The van der Waals surface area contributed by atoms with Crippen molar-refractivity contribution < 1.29 is 13.9 Å². The van der Waals surface area contributed by atoms with Crippen LogP contribution in [0.15, 0.2) is 29.8 Å². The fourth-order valence-electron chi connectivity index (χ4n) is 2.23. The number of carbonyl (C=O) groups excluding carboxylic acids is 1. The summed E-state index contributed by atoms with van der Waals surface area (Å²) in [6.07, 6.45) is 2.64. The summed E-state index contributed by atoms with van der Waals surface area (Å²) in [4.78, 5) is 17.9. The maximum atomic E-state index is 13.1. The molecule has 3 rings (SSSR count). The van der Waals surface area contributed by atoms with E-state index in [1.54, 1.807) is 23.2 Å². The van der Waals surface area contributed by atoms with Gasteiger partial charge in [0.05, 0.1) is 18.1 Å². The zero-order chi connectivity index (χ0) is 15.5. The van der Waals surface area contributed by atoms with Crippen LogP contribution in [-0.4, -0.2) is 35.0 Å². The quantitative estimate of drug-likeness (QED) is 0.839. The minimum atomic E-state index is -0.443. The van der Waals surface area contributed by atoms with Crippen molar-refractivity contribution in [3.63, 3.8) is 0 Å². The highest BCUT2D eigenvalue weighted by Gasteiger charge is 2.32. The Morgan fingerprint density at radius 3 is 3.00 bits per heavy atom. The molecule has 0 atom stereocenters. The maximum absolute atomic E-state index is 13.1. The van der Waals surface area contributed by atoms with E-state index < -0.39 is 5.82 Å². The summed E-state index contributed by atoms with van der Waals surface area (Å²) in [7, 11) is 0. The van der Waals surface area contributed by atoms with E-state index in [2.05, 4.69) is 4.98 Å². The molecule has 2 aromatic rings. The maximum Gasteiger partial charge on any atom is 0.273 e. The minimum Gasteiger partial charge on any atom is -0.463 e. The molecule has 0 saturated carbocycles. The number of likely N-dealkylation sites (tertiary alicyclic amines) is 1. The Labute approximate surface area is 136 Å². The van der Waals surface area contributed by atoms with E-state index in [1.165, 1.54) is 17.4 Å². The zero-order valence-corrected chi connectivity index (χ0v) is 13.2. The van der Waals surface area contributed by atoms with E-state index in [-0.39, 0.29) is 17.0 Å². The van der Waals surface area contributed by atoms with E-state index in [9.17, 15) is 9.18 Å². The topological polar surface area (TPSA) is 42.4 Å². The van der Waals surface area contributed by atoms with Crippen LogP contribution in [0.4, 0.5) is 4.39 Å². The van der Waals surface area contributed by atoms with Gasteiger partial charge in [0.2, 0.25) is 5.91 Å². The SMILES string of the molecule is O=C(CCc1ccc(F)c(Cl)c1)N1CC(Oc2nccs2)C1. The summed E-state index contributed by atoms with van der Waals surface area (Å²) < 4.78 is 18.7. The summed E-state index contributed by atoms with van der Waals surface area (Å²) in [6, 6.07) is 4.54. The number of aromatic nitrogens is 1. The van der Waals surface area contributed by atoms with Crippen molar-refractivity contribution in [1.82, 2.24) is 9.88 Å². The van der Waals surface area contributed by atoms with Gasteiger partial charge in [-0.25, -0.2) is 9.37 Å². The number of halogens is 2. The van der Waals surface area contributed by atoms with Gasteiger partial charge >= 0.3 is 0 Å². The Bertz CT molecular complexity index is 660. The first-order chi connectivity index (χ1) is 10.6. The molecule has 1 aromatic heterocycles. The Morgan fingerprint density at radius 2 is 2.32 bits per heavy atom. The largest absolute Gasteiger partial charge is 0.463 e. The van der Waals surface area contributed by atoms with Gasteiger partial charge in [-0.05, 0) is 24.1 Å². The van der Waals surface area contributed by atoms with Crippen LogP contribution >= 0.6 is 22.9 Å². The predicted octanol–water partition coefficient (Wildman–Crippen LogP) is 3.16. The van der Waals surface area contributed by atoms with E-state index in [0.717, 1.165) is 5.56 Å². The first-order valence-electron chi connectivity index (χ1n) is 6.89. The molecule has 1 aromatic carbocycles. The van der Waals surface area contributed by atoms with Crippen molar-refractivity contribution in [1.29, 1.82) is 0 Å². The third kappa shape index (κ3) is 3.56. The van der Waals surface area contributed by atoms with Crippen LogP contribution in [0.5, 0.6) is 5.19 Å². The lowest BCUT2D eigenvalue weighted by Crippen LogP contribution is -2.56. The van der Waals surface area contributed by atoms with Crippen LogP contribution in [0.1, 0.15) is 12.0 Å². The molecule has 0 aliphatic carbocycles. The number of aryl methyl sites for hydroxylation is 1. The van der Waals surface area contributed by atoms with Crippen LogP contribution in [0.25, 0.3) is 0 Å². The number of carbonyl (C=O) groups is 1. The average Bonchev–Trinajstić information content (AvgIpc) is 2.96. The Balaban J connectivity index is 1.43. The first kappa shape index (κ1) is 15.2. The van der Waals surface area contributed by atoms with E-state index in [1.807, 2.05) is 5.38 Å². The molecule has 1 aliphatic heterocycles. The van der Waals surface area contributed by atoms with Crippen molar-refractivity contribution in [2.24, 2.45) is 0 Å². The number of ether oxygens (including phenoxy) is 1. The fourth-order valence-corrected chi connectivity index (χ4v) is 2.99. The van der Waals surface area contributed by atoms with Gasteiger partial charge in [-0.1, -0.05) is 29.0 Å². The first-order valence-corrected chi connectivity index (χ1v) is 8.15. The Hall–Kier alpha value is -1.66. The fraction of sp³-hybridized carbons (Fsp3) is 0.333. The molecule has 0 spiro atoms. The molecule has 22 heavy (non-hydrogen) atoms. The zero-order valence-electron chi connectivity index (χ0n) is 11.7. The summed E-state index contributed by atoms with van der Waals surface area (Å²) >= 11 is 7.17. The number of rotatable bonds is 5. The molecular formula is C15H14ClFN2O2S. The third-order valence-corrected chi connectivity index (χ3v) is 4.44. The summed E-state index contributed by atoms with van der Waals surface area (Å²) in [5, 5.41) is 2.58. The van der Waals surface area contributed by atoms with Gasteiger partial charge in [0.1, 0.15) is 11.9 Å². The molecule has 0 N–H and O–H groups in total. The molecule has 0 radical (unpaired) electrons. The number of hydrogen-bond acceptors (Lipinski definition) is 4. The van der Waals surface area contributed by atoms with Crippen LogP contribution in [-0.2, 0) is 11.2 Å². The minimum absolute atomic E-state index is 0.0235. The van der Waals surface area contributed by atoms with Gasteiger partial charge in [0, 0.05) is 18.0 Å². The molecule has 1 aliphatic rings. The molecule has 0 bridgehead atoms. The molecule has 1 saturated heterocycles. The number of benzene rings is 1. The van der Waals surface area contributed by atoms with Crippen molar-refractivity contribution >= 4 is 28.8 Å². The summed E-state index contributed by atoms with van der Waals surface area (Å²) in [6.45, 7) is 1.17. The van der Waals surface area contributed by atoms with Crippen molar-refractivity contribution in [2.45, 2.75) is 18.9 Å². The molecule has 0 unspecified atom stereocenters. The Kier molecular flexibility index (Phi) is 4.59. The molecule has 4 nitrogen and oxygen atoms in total. The van der Waals surface area contributed by atoms with Gasteiger partial charge in [-0.15, -0.1) is 0 Å². The van der Waals surface area contributed by atoms with Gasteiger partial charge in [0.15, 0.2) is 0 Å². The number of nitrogens with zero attached hydrogens (tertiary/aromatic N) is 2. The summed E-state index contributed by atoms with van der Waals surface area (Å²) in [5.41, 5.74) is 0.857. The summed E-state index contributed by atoms with van der Waals surface area (Å²) in [5.74, 6) is -0.374. The molecule has 1 fully saturated rings. The molecule has 7 heteroatoms. The van der Waals surface area contributed by atoms with Crippen LogP contribution in [0.2, 0.25) is 5.02 Å². The van der Waals surface area contributed by atoms with Crippen molar-refractivity contribution in [3.05, 3.63) is 46.2 Å². The van der Waals surface area contributed by atoms with Crippen molar-refractivity contribution in [3.8, 4) is 5.19 Å².